The van der Waals surface area contributed by atoms with Gasteiger partial charge >= 0.3 is 5.97 Å². The van der Waals surface area contributed by atoms with Crippen molar-refractivity contribution in [1.82, 2.24) is 24.5 Å². The van der Waals surface area contributed by atoms with Crippen LogP contribution in [0.25, 0.3) is 11.4 Å². The van der Waals surface area contributed by atoms with E-state index in [0.29, 0.717) is 11.6 Å². The minimum absolute atomic E-state index is 0.00778. The minimum atomic E-state index is -1.06. The molecule has 7 heteroatoms. The molecule has 0 aromatic carbocycles. The van der Waals surface area contributed by atoms with Crippen molar-refractivity contribution in [2.75, 3.05) is 0 Å². The van der Waals surface area contributed by atoms with E-state index in [-0.39, 0.29) is 5.69 Å². The maximum Gasteiger partial charge on any atom is 0.358 e. The lowest BCUT2D eigenvalue weighted by molar-refractivity contribution is 0.0691. The molecule has 0 bridgehead atoms. The van der Waals surface area contributed by atoms with Crippen LogP contribution in [-0.4, -0.2) is 35.6 Å². The number of carbonyl (C=O) groups is 1. The number of rotatable bonds is 4. The van der Waals surface area contributed by atoms with Crippen LogP contribution in [0.3, 0.4) is 0 Å². The predicted molar refractivity (Wildman–Crippen MR) is 71.1 cm³/mol. The molecule has 0 atom stereocenters. The quantitative estimate of drug-likeness (QED) is 0.915. The third-order valence-corrected chi connectivity index (χ3v) is 3.90. The summed E-state index contributed by atoms with van der Waals surface area (Å²) in [7, 11) is 1.83. The van der Waals surface area contributed by atoms with Gasteiger partial charge in [0.25, 0.3) is 0 Å². The number of hydrogen-bond donors (Lipinski definition) is 1. The maximum atomic E-state index is 11.3. The first-order chi connectivity index (χ1) is 9.66. The van der Waals surface area contributed by atoms with Crippen molar-refractivity contribution in [2.45, 2.75) is 32.2 Å². The zero-order chi connectivity index (χ0) is 14.1. The zero-order valence-corrected chi connectivity index (χ0v) is 11.4. The Bertz CT molecular complexity index is 624. The summed E-state index contributed by atoms with van der Waals surface area (Å²) in [5, 5.41) is 17.2. The van der Waals surface area contributed by atoms with Crippen LogP contribution >= 0.6 is 0 Å². The summed E-state index contributed by atoms with van der Waals surface area (Å²) in [4.78, 5) is 15.4. The Morgan fingerprint density at radius 3 is 2.80 bits per heavy atom. The lowest BCUT2D eigenvalue weighted by atomic mass is 10.1. The highest BCUT2D eigenvalue weighted by molar-refractivity contribution is 5.92. The molecule has 20 heavy (non-hydrogen) atoms. The Labute approximate surface area is 116 Å². The normalized spacial score (nSPS) is 15.8. The van der Waals surface area contributed by atoms with Gasteiger partial charge in [-0.15, -0.1) is 5.10 Å². The van der Waals surface area contributed by atoms with Crippen molar-refractivity contribution >= 4 is 5.97 Å². The smallest absolute Gasteiger partial charge is 0.358 e. The molecule has 2 aromatic rings. The van der Waals surface area contributed by atoms with Gasteiger partial charge in [-0.1, -0.05) is 18.1 Å². The van der Waals surface area contributed by atoms with Crippen LogP contribution in [0.4, 0.5) is 0 Å². The van der Waals surface area contributed by atoms with Gasteiger partial charge in [-0.3, -0.25) is 0 Å². The molecular formula is C13H17N5O2. The number of carboxylic acid groups (broad SMARTS) is 1. The largest absolute Gasteiger partial charge is 0.476 e. The van der Waals surface area contributed by atoms with Crippen LogP contribution < -0.4 is 0 Å². The number of aryl methyl sites for hydroxylation is 1. The Morgan fingerprint density at radius 1 is 1.45 bits per heavy atom. The van der Waals surface area contributed by atoms with Gasteiger partial charge in [0.15, 0.2) is 5.69 Å². The lowest BCUT2D eigenvalue weighted by Crippen LogP contribution is -2.12. The summed E-state index contributed by atoms with van der Waals surface area (Å²) >= 11 is 0. The van der Waals surface area contributed by atoms with E-state index in [0.717, 1.165) is 12.2 Å². The average Bonchev–Trinajstić information content (AvgIpc) is 3.10. The SMILES string of the molecule is Cn1cncc1-c1c(C(=O)O)nnn1CC1CCCC1. The zero-order valence-electron chi connectivity index (χ0n) is 11.4. The van der Waals surface area contributed by atoms with Crippen molar-refractivity contribution in [2.24, 2.45) is 13.0 Å². The summed E-state index contributed by atoms with van der Waals surface area (Å²) in [6.45, 7) is 0.723. The van der Waals surface area contributed by atoms with Crippen molar-refractivity contribution < 1.29 is 9.90 Å². The third kappa shape index (κ3) is 2.19. The van der Waals surface area contributed by atoms with Gasteiger partial charge in [0.05, 0.1) is 18.2 Å². The molecule has 0 unspecified atom stereocenters. The molecule has 0 spiro atoms. The molecule has 2 aromatic heterocycles. The van der Waals surface area contributed by atoms with Gasteiger partial charge in [-0.25, -0.2) is 14.5 Å². The van der Waals surface area contributed by atoms with Crippen molar-refractivity contribution in [1.29, 1.82) is 0 Å². The average molecular weight is 275 g/mol. The Hall–Kier alpha value is -2.18. The number of imidazole rings is 1. The van der Waals surface area contributed by atoms with Crippen LogP contribution in [0.15, 0.2) is 12.5 Å². The number of hydrogen-bond acceptors (Lipinski definition) is 4. The van der Waals surface area contributed by atoms with Crippen LogP contribution in [0.1, 0.15) is 36.2 Å². The number of aromatic carboxylic acids is 1. The molecule has 7 nitrogen and oxygen atoms in total. The molecule has 2 heterocycles. The summed E-state index contributed by atoms with van der Waals surface area (Å²) in [6, 6.07) is 0. The van der Waals surface area contributed by atoms with Gasteiger partial charge in [0, 0.05) is 13.6 Å². The van der Waals surface area contributed by atoms with E-state index in [1.807, 2.05) is 7.05 Å². The second-order valence-electron chi connectivity index (χ2n) is 5.31. The van der Waals surface area contributed by atoms with Gasteiger partial charge in [0.2, 0.25) is 0 Å². The highest BCUT2D eigenvalue weighted by Crippen LogP contribution is 2.29. The summed E-state index contributed by atoms with van der Waals surface area (Å²) < 4.78 is 3.51. The molecule has 1 aliphatic rings. The van der Waals surface area contributed by atoms with Crippen LogP contribution in [0, 0.1) is 5.92 Å². The minimum Gasteiger partial charge on any atom is -0.476 e. The lowest BCUT2D eigenvalue weighted by Gasteiger charge is -2.12. The Kier molecular flexibility index (Phi) is 3.25. The first-order valence-electron chi connectivity index (χ1n) is 6.80. The van der Waals surface area contributed by atoms with Crippen molar-refractivity contribution in [3.8, 4) is 11.4 Å². The molecule has 3 rings (SSSR count). The second-order valence-corrected chi connectivity index (χ2v) is 5.31. The van der Waals surface area contributed by atoms with Crippen molar-refractivity contribution in [3.63, 3.8) is 0 Å². The number of carboxylic acids is 1. The van der Waals surface area contributed by atoms with E-state index in [2.05, 4.69) is 15.3 Å². The van der Waals surface area contributed by atoms with E-state index in [4.69, 9.17) is 0 Å². The predicted octanol–water partition coefficient (Wildman–Crippen LogP) is 1.57. The summed E-state index contributed by atoms with van der Waals surface area (Å²) in [6.07, 6.45) is 8.13. The molecule has 106 valence electrons. The first-order valence-corrected chi connectivity index (χ1v) is 6.80. The number of nitrogens with zero attached hydrogens (tertiary/aromatic N) is 5. The Morgan fingerprint density at radius 2 is 2.20 bits per heavy atom. The van der Waals surface area contributed by atoms with Crippen LogP contribution in [-0.2, 0) is 13.6 Å². The van der Waals surface area contributed by atoms with Gasteiger partial charge < -0.3 is 9.67 Å². The third-order valence-electron chi connectivity index (χ3n) is 3.90. The van der Waals surface area contributed by atoms with E-state index in [1.165, 1.54) is 25.7 Å². The topological polar surface area (TPSA) is 85.8 Å². The highest BCUT2D eigenvalue weighted by Gasteiger charge is 2.25. The monoisotopic (exact) mass is 275 g/mol. The molecule has 0 saturated heterocycles. The summed E-state index contributed by atoms with van der Waals surface area (Å²) in [5.41, 5.74) is 1.27. The molecule has 0 amide bonds. The molecule has 1 fully saturated rings. The number of aromatic nitrogens is 5. The highest BCUT2D eigenvalue weighted by atomic mass is 16.4. The van der Waals surface area contributed by atoms with Crippen LogP contribution in [0.2, 0.25) is 0 Å². The molecule has 0 radical (unpaired) electrons. The van der Waals surface area contributed by atoms with Crippen molar-refractivity contribution in [3.05, 3.63) is 18.2 Å². The van der Waals surface area contributed by atoms with Gasteiger partial charge in [-0.2, -0.15) is 0 Å². The maximum absolute atomic E-state index is 11.3. The molecule has 1 saturated carbocycles. The van der Waals surface area contributed by atoms with Crippen LogP contribution in [0.5, 0.6) is 0 Å². The first kappa shape index (κ1) is 12.8. The standard InChI is InChI=1S/C13H17N5O2/c1-17-8-14-6-10(17)12-11(13(19)20)15-16-18(12)7-9-4-2-3-5-9/h6,8-9H,2-5,7H2,1H3,(H,19,20). The Balaban J connectivity index is 2.01. The van der Waals surface area contributed by atoms with E-state index < -0.39 is 5.97 Å². The molecular weight excluding hydrogens is 258 g/mol. The van der Waals surface area contributed by atoms with E-state index >= 15 is 0 Å². The molecule has 1 N–H and O–H groups in total. The van der Waals surface area contributed by atoms with E-state index in [1.54, 1.807) is 21.8 Å². The summed E-state index contributed by atoms with van der Waals surface area (Å²) in [5.74, 6) is -0.496. The van der Waals surface area contributed by atoms with E-state index in [9.17, 15) is 9.90 Å². The van der Waals surface area contributed by atoms with Gasteiger partial charge in [0.1, 0.15) is 5.69 Å². The second kappa shape index (κ2) is 5.07. The fourth-order valence-corrected chi connectivity index (χ4v) is 2.86. The fourth-order valence-electron chi connectivity index (χ4n) is 2.86. The molecule has 0 aliphatic heterocycles. The molecule has 1 aliphatic carbocycles. The van der Waals surface area contributed by atoms with Gasteiger partial charge in [-0.05, 0) is 18.8 Å². The fraction of sp³-hybridized carbons (Fsp3) is 0.538.